The Bertz CT molecular complexity index is 1260. The van der Waals surface area contributed by atoms with Crippen LogP contribution in [0.5, 0.6) is 0 Å². The zero-order valence-corrected chi connectivity index (χ0v) is 18.6. The fourth-order valence-electron chi connectivity index (χ4n) is 4.26. The Kier molecular flexibility index (Phi) is 5.66. The molecule has 0 spiro atoms. The minimum Gasteiger partial charge on any atom is -0.369 e. The Morgan fingerprint density at radius 3 is 2.36 bits per heavy atom. The van der Waals surface area contributed by atoms with Crippen molar-refractivity contribution in [2.75, 3.05) is 42.9 Å². The molecule has 8 heteroatoms. The van der Waals surface area contributed by atoms with Crippen molar-refractivity contribution >= 4 is 28.6 Å². The van der Waals surface area contributed by atoms with Crippen molar-refractivity contribution in [3.8, 4) is 11.3 Å². The second-order valence-electron chi connectivity index (χ2n) is 8.16. The van der Waals surface area contributed by atoms with Crippen LogP contribution in [0, 0.1) is 0 Å². The van der Waals surface area contributed by atoms with Crippen LogP contribution in [-0.2, 0) is 0 Å². The van der Waals surface area contributed by atoms with E-state index in [0.717, 1.165) is 61.0 Å². The molecule has 5 rings (SSSR count). The van der Waals surface area contributed by atoms with Gasteiger partial charge in [-0.1, -0.05) is 19.1 Å². The van der Waals surface area contributed by atoms with Crippen LogP contribution in [0.1, 0.15) is 17.3 Å². The van der Waals surface area contributed by atoms with Gasteiger partial charge in [0.05, 0.1) is 11.4 Å². The summed E-state index contributed by atoms with van der Waals surface area (Å²) in [7, 11) is 0. The SMILES string of the molecule is CCN1CCN(c2ccc(Nc3ccc(-c4ccc(C(N)=O)cc4)n4ncnc34)cc2)CC1. The summed E-state index contributed by atoms with van der Waals surface area (Å²) in [6, 6.07) is 19.7. The number of carbonyl (C=O) groups is 1. The lowest BCUT2D eigenvalue weighted by Crippen LogP contribution is -2.46. The molecule has 1 fully saturated rings. The van der Waals surface area contributed by atoms with E-state index in [1.54, 1.807) is 23.0 Å². The first-order valence-electron chi connectivity index (χ1n) is 11.2. The molecule has 0 radical (unpaired) electrons. The summed E-state index contributed by atoms with van der Waals surface area (Å²) in [6.45, 7) is 7.67. The molecule has 2 aromatic heterocycles. The summed E-state index contributed by atoms with van der Waals surface area (Å²) in [5.41, 5.74) is 11.5. The third-order valence-corrected chi connectivity index (χ3v) is 6.22. The molecule has 1 saturated heterocycles. The van der Waals surface area contributed by atoms with Crippen molar-refractivity contribution in [3.05, 3.63) is 72.6 Å². The number of aromatic nitrogens is 3. The molecule has 0 saturated carbocycles. The second-order valence-corrected chi connectivity index (χ2v) is 8.16. The van der Waals surface area contributed by atoms with Gasteiger partial charge in [-0.2, -0.15) is 5.10 Å². The first-order chi connectivity index (χ1) is 16.1. The molecule has 0 atom stereocenters. The number of rotatable bonds is 6. The van der Waals surface area contributed by atoms with E-state index in [1.165, 1.54) is 5.69 Å². The van der Waals surface area contributed by atoms with Gasteiger partial charge in [0.25, 0.3) is 0 Å². The van der Waals surface area contributed by atoms with Crippen LogP contribution in [0.3, 0.4) is 0 Å². The topological polar surface area (TPSA) is 91.8 Å². The Balaban J connectivity index is 1.35. The molecule has 3 N–H and O–H groups in total. The molecule has 0 aliphatic carbocycles. The van der Waals surface area contributed by atoms with Crippen molar-refractivity contribution < 1.29 is 4.79 Å². The van der Waals surface area contributed by atoms with E-state index in [4.69, 9.17) is 5.73 Å². The minimum absolute atomic E-state index is 0.443. The maximum atomic E-state index is 11.4. The molecule has 1 amide bonds. The average molecular weight is 442 g/mol. The Morgan fingerprint density at radius 2 is 1.70 bits per heavy atom. The van der Waals surface area contributed by atoms with E-state index in [1.807, 2.05) is 24.3 Å². The number of pyridine rings is 1. The van der Waals surface area contributed by atoms with E-state index in [9.17, 15) is 4.79 Å². The van der Waals surface area contributed by atoms with Crippen molar-refractivity contribution in [1.82, 2.24) is 19.5 Å². The molecule has 0 bridgehead atoms. The number of amides is 1. The maximum absolute atomic E-state index is 11.4. The summed E-state index contributed by atoms with van der Waals surface area (Å²) >= 11 is 0. The van der Waals surface area contributed by atoms with Gasteiger partial charge in [0.1, 0.15) is 6.33 Å². The summed E-state index contributed by atoms with van der Waals surface area (Å²) in [6.07, 6.45) is 1.54. The van der Waals surface area contributed by atoms with Gasteiger partial charge in [-0.3, -0.25) is 4.79 Å². The van der Waals surface area contributed by atoms with Gasteiger partial charge in [-0.25, -0.2) is 9.50 Å². The number of nitrogens with two attached hydrogens (primary N) is 1. The van der Waals surface area contributed by atoms with E-state index < -0.39 is 5.91 Å². The van der Waals surface area contributed by atoms with E-state index in [-0.39, 0.29) is 0 Å². The molecule has 2 aromatic carbocycles. The number of benzene rings is 2. The number of piperazine rings is 1. The number of likely N-dealkylation sites (N-methyl/N-ethyl adjacent to an activating group) is 1. The molecule has 1 aliphatic rings. The van der Waals surface area contributed by atoms with Crippen LogP contribution in [0.15, 0.2) is 67.0 Å². The van der Waals surface area contributed by atoms with Crippen LogP contribution < -0.4 is 16.0 Å². The van der Waals surface area contributed by atoms with Gasteiger partial charge >= 0.3 is 0 Å². The number of hydrogen-bond donors (Lipinski definition) is 2. The molecule has 168 valence electrons. The van der Waals surface area contributed by atoms with Crippen LogP contribution in [0.4, 0.5) is 17.1 Å². The van der Waals surface area contributed by atoms with Crippen LogP contribution in [-0.4, -0.2) is 58.1 Å². The van der Waals surface area contributed by atoms with Crippen molar-refractivity contribution in [1.29, 1.82) is 0 Å². The van der Waals surface area contributed by atoms with Crippen LogP contribution >= 0.6 is 0 Å². The average Bonchev–Trinajstić information content (AvgIpc) is 3.35. The number of anilines is 3. The van der Waals surface area contributed by atoms with Crippen molar-refractivity contribution in [2.45, 2.75) is 6.92 Å². The smallest absolute Gasteiger partial charge is 0.248 e. The molecule has 0 unspecified atom stereocenters. The van der Waals surface area contributed by atoms with Gasteiger partial charge in [0.2, 0.25) is 5.91 Å². The van der Waals surface area contributed by atoms with Crippen molar-refractivity contribution in [2.24, 2.45) is 5.73 Å². The highest BCUT2D eigenvalue weighted by Crippen LogP contribution is 2.28. The quantitative estimate of drug-likeness (QED) is 0.477. The van der Waals surface area contributed by atoms with Gasteiger partial charge in [-0.15, -0.1) is 0 Å². The fraction of sp³-hybridized carbons (Fsp3) is 0.240. The second kappa shape index (κ2) is 8.91. The molecule has 1 aliphatic heterocycles. The molecule has 33 heavy (non-hydrogen) atoms. The van der Waals surface area contributed by atoms with Crippen LogP contribution in [0.25, 0.3) is 16.9 Å². The zero-order chi connectivity index (χ0) is 22.8. The van der Waals surface area contributed by atoms with E-state index in [2.05, 4.69) is 56.4 Å². The third kappa shape index (κ3) is 4.25. The normalized spacial score (nSPS) is 14.5. The Hall–Kier alpha value is -3.91. The third-order valence-electron chi connectivity index (χ3n) is 6.22. The fourth-order valence-corrected chi connectivity index (χ4v) is 4.26. The summed E-state index contributed by atoms with van der Waals surface area (Å²) in [5, 5.41) is 7.88. The van der Waals surface area contributed by atoms with E-state index >= 15 is 0 Å². The highest BCUT2D eigenvalue weighted by molar-refractivity contribution is 5.93. The van der Waals surface area contributed by atoms with Gasteiger partial charge < -0.3 is 20.9 Å². The van der Waals surface area contributed by atoms with Gasteiger partial charge in [0.15, 0.2) is 5.65 Å². The molecular weight excluding hydrogens is 414 g/mol. The lowest BCUT2D eigenvalue weighted by molar-refractivity contribution is 0.100. The molecule has 8 nitrogen and oxygen atoms in total. The first-order valence-corrected chi connectivity index (χ1v) is 11.2. The summed E-state index contributed by atoms with van der Waals surface area (Å²) in [4.78, 5) is 20.7. The monoisotopic (exact) mass is 441 g/mol. The molecular formula is C25H27N7O. The number of nitrogens with one attached hydrogen (secondary N) is 1. The van der Waals surface area contributed by atoms with Gasteiger partial charge in [-0.05, 0) is 55.1 Å². The number of primary amides is 1. The standard InChI is InChI=1S/C25H27N7O/c1-2-30-13-15-31(16-14-30)21-9-7-20(8-10-21)29-22-11-12-23(32-25(22)27-17-28-32)18-3-5-19(6-4-18)24(26)33/h3-12,17,29H,2,13-16H2,1H3,(H2,26,33). The maximum Gasteiger partial charge on any atom is 0.248 e. The largest absolute Gasteiger partial charge is 0.369 e. The molecule has 4 aromatic rings. The number of hydrogen-bond acceptors (Lipinski definition) is 6. The first kappa shape index (κ1) is 21.0. The predicted octanol–water partition coefficient (Wildman–Crippen LogP) is 3.38. The molecule has 3 heterocycles. The van der Waals surface area contributed by atoms with E-state index in [0.29, 0.717) is 5.56 Å². The highest BCUT2D eigenvalue weighted by atomic mass is 16.1. The lowest BCUT2D eigenvalue weighted by Gasteiger charge is -2.35. The minimum atomic E-state index is -0.443. The number of carbonyl (C=O) groups excluding carboxylic acids is 1. The number of nitrogens with zero attached hydrogens (tertiary/aromatic N) is 5. The van der Waals surface area contributed by atoms with Crippen LogP contribution in [0.2, 0.25) is 0 Å². The summed E-state index contributed by atoms with van der Waals surface area (Å²) in [5.74, 6) is -0.443. The number of fused-ring (bicyclic) bond motifs is 1. The highest BCUT2D eigenvalue weighted by Gasteiger charge is 2.16. The van der Waals surface area contributed by atoms with Crippen molar-refractivity contribution in [3.63, 3.8) is 0 Å². The summed E-state index contributed by atoms with van der Waals surface area (Å²) < 4.78 is 1.79. The predicted molar refractivity (Wildman–Crippen MR) is 131 cm³/mol. The Labute approximate surface area is 192 Å². The zero-order valence-electron chi connectivity index (χ0n) is 18.6. The lowest BCUT2D eigenvalue weighted by atomic mass is 10.1. The Morgan fingerprint density at radius 1 is 0.970 bits per heavy atom. The van der Waals surface area contributed by atoms with Gasteiger partial charge in [0, 0.05) is 48.7 Å².